The van der Waals surface area contributed by atoms with Gasteiger partial charge in [-0.25, -0.2) is 0 Å². The first-order valence-corrected chi connectivity index (χ1v) is 3.43. The van der Waals surface area contributed by atoms with Crippen molar-refractivity contribution in [2.75, 3.05) is 0 Å². The highest BCUT2D eigenvalue weighted by Gasteiger charge is 2.20. The maximum atomic E-state index is 5.73. The van der Waals surface area contributed by atoms with E-state index in [4.69, 9.17) is 11.8 Å². The number of nitrogens with one attached hydrogen (secondary N) is 1. The summed E-state index contributed by atoms with van der Waals surface area (Å²) in [5, 5.41) is 0. The average Bonchev–Trinajstić information content (AvgIpc) is 2.13. The summed E-state index contributed by atoms with van der Waals surface area (Å²) in [6.45, 7) is 4.27. The van der Waals surface area contributed by atoms with Crippen molar-refractivity contribution in [3.63, 3.8) is 0 Å². The van der Waals surface area contributed by atoms with Gasteiger partial charge in [0.05, 0.1) is 6.04 Å². The summed E-state index contributed by atoms with van der Waals surface area (Å²) < 4.78 is 1.59. The molecule has 0 saturated carbocycles. The maximum Gasteiger partial charge on any atom is 0.0677 e. The molecule has 1 N–H and O–H groups in total. The molecule has 1 aliphatic heterocycles. The van der Waals surface area contributed by atoms with Crippen LogP contribution in [0.4, 0.5) is 0 Å². The number of halogens is 1. The lowest BCUT2D eigenvalue weighted by Gasteiger charge is -2.18. The van der Waals surface area contributed by atoms with Crippen LogP contribution in [0, 0.1) is 5.92 Å². The van der Waals surface area contributed by atoms with Crippen LogP contribution >= 0.6 is 11.8 Å². The summed E-state index contributed by atoms with van der Waals surface area (Å²) in [5.74, 6) is 0.564. The van der Waals surface area contributed by atoms with E-state index in [1.54, 1.807) is 4.53 Å². The van der Waals surface area contributed by atoms with Gasteiger partial charge in [0.15, 0.2) is 0 Å². The Kier molecular flexibility index (Phi) is 1.98. The lowest BCUT2D eigenvalue weighted by molar-refractivity contribution is 0.303. The highest BCUT2D eigenvalue weighted by atomic mass is 35.5. The molecule has 2 nitrogen and oxygen atoms in total. The standard InChI is InChI=1S/C6H11ClN2/c1-5(2)6-3-4-8-9(6)7/h3-6,8H,1-2H3. The van der Waals surface area contributed by atoms with Crippen molar-refractivity contribution in [3.05, 3.63) is 12.3 Å². The number of hydrogen-bond acceptors (Lipinski definition) is 2. The molecule has 1 aliphatic rings. The van der Waals surface area contributed by atoms with Gasteiger partial charge in [-0.3, -0.25) is 0 Å². The van der Waals surface area contributed by atoms with Crippen LogP contribution in [0.2, 0.25) is 0 Å². The van der Waals surface area contributed by atoms with Gasteiger partial charge in [0.1, 0.15) is 0 Å². The van der Waals surface area contributed by atoms with Crippen LogP contribution in [0.3, 0.4) is 0 Å². The molecule has 1 unspecified atom stereocenters. The van der Waals surface area contributed by atoms with E-state index in [0.717, 1.165) is 0 Å². The summed E-state index contributed by atoms with van der Waals surface area (Å²) in [6, 6.07) is 0.340. The fourth-order valence-corrected chi connectivity index (χ4v) is 1.21. The van der Waals surface area contributed by atoms with Crippen molar-refractivity contribution in [2.45, 2.75) is 19.9 Å². The third-order valence-electron chi connectivity index (χ3n) is 1.44. The van der Waals surface area contributed by atoms with Crippen molar-refractivity contribution in [3.8, 4) is 0 Å². The minimum absolute atomic E-state index is 0.340. The highest BCUT2D eigenvalue weighted by Crippen LogP contribution is 2.15. The topological polar surface area (TPSA) is 15.3 Å². The zero-order valence-electron chi connectivity index (χ0n) is 5.63. The second kappa shape index (κ2) is 2.58. The lowest BCUT2D eigenvalue weighted by Crippen LogP contribution is -2.31. The normalized spacial score (nSPS) is 27.3. The van der Waals surface area contributed by atoms with Gasteiger partial charge in [-0.2, -0.15) is 0 Å². The maximum absolute atomic E-state index is 5.73. The Labute approximate surface area is 60.6 Å². The van der Waals surface area contributed by atoms with Gasteiger partial charge in [0, 0.05) is 18.0 Å². The molecule has 0 fully saturated rings. The first-order chi connectivity index (χ1) is 4.22. The predicted molar refractivity (Wildman–Crippen MR) is 38.6 cm³/mol. The molecule has 1 heterocycles. The van der Waals surface area contributed by atoms with Gasteiger partial charge in [-0.05, 0) is 12.0 Å². The predicted octanol–water partition coefficient (Wildman–Crippen LogP) is 1.50. The van der Waals surface area contributed by atoms with E-state index in [9.17, 15) is 0 Å². The van der Waals surface area contributed by atoms with E-state index in [2.05, 4.69) is 25.3 Å². The number of nitrogens with zero attached hydrogens (tertiary/aromatic N) is 1. The smallest absolute Gasteiger partial charge is 0.0677 e. The molecule has 1 atom stereocenters. The van der Waals surface area contributed by atoms with Crippen LogP contribution in [-0.2, 0) is 0 Å². The first-order valence-electron chi connectivity index (χ1n) is 3.09. The molecule has 0 aromatic rings. The van der Waals surface area contributed by atoms with Crippen molar-refractivity contribution in [1.82, 2.24) is 9.95 Å². The average molecular weight is 147 g/mol. The molecule has 0 saturated heterocycles. The fourth-order valence-electron chi connectivity index (χ4n) is 0.858. The quantitative estimate of drug-likeness (QED) is 0.564. The Bertz CT molecular complexity index is 122. The van der Waals surface area contributed by atoms with Crippen LogP contribution in [0.25, 0.3) is 0 Å². The molecule has 0 spiro atoms. The van der Waals surface area contributed by atoms with Crippen molar-refractivity contribution in [2.24, 2.45) is 5.92 Å². The monoisotopic (exact) mass is 146 g/mol. The Hall–Kier alpha value is -0.210. The van der Waals surface area contributed by atoms with E-state index >= 15 is 0 Å². The van der Waals surface area contributed by atoms with Crippen molar-refractivity contribution < 1.29 is 0 Å². The van der Waals surface area contributed by atoms with Gasteiger partial charge >= 0.3 is 0 Å². The Balaban J connectivity index is 2.49. The van der Waals surface area contributed by atoms with Crippen LogP contribution < -0.4 is 5.43 Å². The summed E-state index contributed by atoms with van der Waals surface area (Å²) in [6.07, 6.45) is 3.91. The molecule has 0 amide bonds. The first kappa shape index (κ1) is 6.90. The minimum atomic E-state index is 0.340. The zero-order chi connectivity index (χ0) is 6.85. The molecule has 0 aromatic carbocycles. The van der Waals surface area contributed by atoms with Crippen LogP contribution in [0.5, 0.6) is 0 Å². The Morgan fingerprint density at radius 3 is 2.56 bits per heavy atom. The molecule has 52 valence electrons. The molecule has 0 aliphatic carbocycles. The molecule has 3 heteroatoms. The molecule has 9 heavy (non-hydrogen) atoms. The summed E-state index contributed by atoms with van der Waals surface area (Å²) in [4.78, 5) is 0. The van der Waals surface area contributed by atoms with Crippen molar-refractivity contribution in [1.29, 1.82) is 0 Å². The van der Waals surface area contributed by atoms with Gasteiger partial charge in [-0.1, -0.05) is 13.8 Å². The van der Waals surface area contributed by atoms with Crippen molar-refractivity contribution >= 4 is 11.8 Å². The molecule has 1 rings (SSSR count). The largest absolute Gasteiger partial charge is 0.312 e. The third kappa shape index (κ3) is 1.37. The van der Waals surface area contributed by atoms with Gasteiger partial charge in [0.25, 0.3) is 0 Å². The van der Waals surface area contributed by atoms with Crippen LogP contribution in [0.15, 0.2) is 12.3 Å². The van der Waals surface area contributed by atoms with Gasteiger partial charge in [0.2, 0.25) is 0 Å². The van der Waals surface area contributed by atoms with Crippen LogP contribution in [0.1, 0.15) is 13.8 Å². The SMILES string of the molecule is CC(C)C1C=CNN1Cl. The molecular weight excluding hydrogens is 136 g/mol. The van der Waals surface area contributed by atoms with E-state index in [1.165, 1.54) is 0 Å². The molecule has 0 bridgehead atoms. The molecular formula is C6H11ClN2. The summed E-state index contributed by atoms with van der Waals surface area (Å²) in [7, 11) is 0. The minimum Gasteiger partial charge on any atom is -0.312 e. The Morgan fingerprint density at radius 2 is 2.33 bits per heavy atom. The van der Waals surface area contributed by atoms with E-state index < -0.39 is 0 Å². The number of rotatable bonds is 1. The van der Waals surface area contributed by atoms with Gasteiger partial charge < -0.3 is 5.43 Å². The van der Waals surface area contributed by atoms with Crippen LogP contribution in [-0.4, -0.2) is 10.6 Å². The summed E-state index contributed by atoms with van der Waals surface area (Å²) >= 11 is 5.73. The van der Waals surface area contributed by atoms with E-state index in [1.807, 2.05) is 6.20 Å². The second-order valence-corrected chi connectivity index (χ2v) is 2.90. The fraction of sp³-hybridized carbons (Fsp3) is 0.667. The zero-order valence-corrected chi connectivity index (χ0v) is 6.39. The summed E-state index contributed by atoms with van der Waals surface area (Å²) in [5.41, 5.74) is 2.87. The third-order valence-corrected chi connectivity index (χ3v) is 1.76. The highest BCUT2D eigenvalue weighted by molar-refractivity contribution is 6.13. The number of hydrogen-bond donors (Lipinski definition) is 1. The molecule has 0 aromatic heterocycles. The van der Waals surface area contributed by atoms with E-state index in [0.29, 0.717) is 12.0 Å². The molecule has 0 radical (unpaired) electrons. The second-order valence-electron chi connectivity index (χ2n) is 2.53. The Morgan fingerprint density at radius 1 is 1.67 bits per heavy atom. The lowest BCUT2D eigenvalue weighted by atomic mass is 10.1. The number of hydrazine groups is 1. The van der Waals surface area contributed by atoms with E-state index in [-0.39, 0.29) is 0 Å². The van der Waals surface area contributed by atoms with Gasteiger partial charge in [-0.15, -0.1) is 4.53 Å².